The van der Waals surface area contributed by atoms with Crippen molar-refractivity contribution in [2.75, 3.05) is 13.1 Å². The lowest BCUT2D eigenvalue weighted by Crippen LogP contribution is -2.48. The van der Waals surface area contributed by atoms with Gasteiger partial charge in [0.25, 0.3) is 5.91 Å². The van der Waals surface area contributed by atoms with E-state index in [-0.39, 0.29) is 29.7 Å². The van der Waals surface area contributed by atoms with Gasteiger partial charge in [0.15, 0.2) is 5.69 Å². The molecule has 0 aromatic carbocycles. The van der Waals surface area contributed by atoms with Gasteiger partial charge in [0.2, 0.25) is 0 Å². The molecular formula is C14H20ClN3O2. The smallest absolute Gasteiger partial charge is 0.274 e. The van der Waals surface area contributed by atoms with E-state index in [9.17, 15) is 4.79 Å². The summed E-state index contributed by atoms with van der Waals surface area (Å²) >= 11 is 6.08. The molecule has 2 rings (SSSR count). The van der Waals surface area contributed by atoms with E-state index in [0.29, 0.717) is 23.9 Å². The second-order valence-electron chi connectivity index (χ2n) is 5.55. The number of hydrogen-bond acceptors (Lipinski definition) is 4. The first-order chi connectivity index (χ1) is 9.38. The van der Waals surface area contributed by atoms with Crippen LogP contribution in [0.2, 0.25) is 5.02 Å². The number of morpholine rings is 1. The summed E-state index contributed by atoms with van der Waals surface area (Å²) in [7, 11) is 0. The summed E-state index contributed by atoms with van der Waals surface area (Å²) in [5, 5.41) is 0.297. The molecule has 2 heterocycles. The average molecular weight is 298 g/mol. The fraction of sp³-hybridized carbons (Fsp3) is 0.643. The van der Waals surface area contributed by atoms with Gasteiger partial charge in [0.1, 0.15) is 5.82 Å². The number of carbonyl (C=O) groups excluding carboxylic acids is 1. The second-order valence-corrected chi connectivity index (χ2v) is 5.95. The summed E-state index contributed by atoms with van der Waals surface area (Å²) in [5.41, 5.74) is 0.284. The highest BCUT2D eigenvalue weighted by Crippen LogP contribution is 2.20. The van der Waals surface area contributed by atoms with Gasteiger partial charge in [-0.3, -0.25) is 4.79 Å². The minimum absolute atomic E-state index is 0.0212. The van der Waals surface area contributed by atoms with Crippen LogP contribution in [0, 0.1) is 0 Å². The van der Waals surface area contributed by atoms with E-state index in [4.69, 9.17) is 16.3 Å². The molecule has 6 heteroatoms. The first kappa shape index (κ1) is 15.2. The Bertz CT molecular complexity index is 497. The van der Waals surface area contributed by atoms with E-state index in [1.54, 1.807) is 4.90 Å². The topological polar surface area (TPSA) is 55.3 Å². The van der Waals surface area contributed by atoms with Crippen molar-refractivity contribution in [2.24, 2.45) is 0 Å². The molecule has 110 valence electrons. The van der Waals surface area contributed by atoms with E-state index < -0.39 is 0 Å². The molecule has 0 saturated carbocycles. The maximum atomic E-state index is 12.6. The number of nitrogens with zero attached hydrogens (tertiary/aromatic N) is 3. The van der Waals surface area contributed by atoms with E-state index in [1.807, 2.05) is 27.7 Å². The van der Waals surface area contributed by atoms with Crippen molar-refractivity contribution in [1.82, 2.24) is 14.9 Å². The van der Waals surface area contributed by atoms with Crippen LogP contribution in [0.5, 0.6) is 0 Å². The fourth-order valence-corrected chi connectivity index (χ4v) is 2.47. The van der Waals surface area contributed by atoms with Gasteiger partial charge in [-0.1, -0.05) is 25.4 Å². The van der Waals surface area contributed by atoms with E-state index in [1.165, 1.54) is 6.20 Å². The van der Waals surface area contributed by atoms with Gasteiger partial charge in [0.05, 0.1) is 23.4 Å². The minimum atomic E-state index is -0.152. The van der Waals surface area contributed by atoms with Crippen molar-refractivity contribution in [3.63, 3.8) is 0 Å². The molecule has 1 aromatic rings. The molecule has 1 aliphatic heterocycles. The highest BCUT2D eigenvalue weighted by Gasteiger charge is 2.29. The highest BCUT2D eigenvalue weighted by molar-refractivity contribution is 6.33. The number of aromatic nitrogens is 2. The van der Waals surface area contributed by atoms with Crippen molar-refractivity contribution >= 4 is 17.5 Å². The fourth-order valence-electron chi connectivity index (χ4n) is 2.30. The van der Waals surface area contributed by atoms with E-state index in [2.05, 4.69) is 9.97 Å². The second kappa shape index (κ2) is 6.06. The van der Waals surface area contributed by atoms with Crippen molar-refractivity contribution < 1.29 is 9.53 Å². The lowest BCUT2D eigenvalue weighted by atomic mass is 10.2. The van der Waals surface area contributed by atoms with Gasteiger partial charge in [-0.25, -0.2) is 9.97 Å². The van der Waals surface area contributed by atoms with Crippen LogP contribution < -0.4 is 0 Å². The molecule has 0 radical (unpaired) electrons. The van der Waals surface area contributed by atoms with Crippen molar-refractivity contribution in [2.45, 2.75) is 45.8 Å². The third-order valence-corrected chi connectivity index (χ3v) is 3.47. The van der Waals surface area contributed by atoms with E-state index >= 15 is 0 Å². The van der Waals surface area contributed by atoms with Gasteiger partial charge in [-0.15, -0.1) is 0 Å². The third kappa shape index (κ3) is 3.27. The third-order valence-electron chi connectivity index (χ3n) is 3.19. The Morgan fingerprint density at radius 2 is 2.00 bits per heavy atom. The monoisotopic (exact) mass is 297 g/mol. The van der Waals surface area contributed by atoms with Crippen LogP contribution >= 0.6 is 11.6 Å². The zero-order valence-electron chi connectivity index (χ0n) is 12.3. The maximum Gasteiger partial charge on any atom is 0.274 e. The summed E-state index contributed by atoms with van der Waals surface area (Å²) in [6, 6.07) is 0. The predicted octanol–water partition coefficient (Wildman–Crippen LogP) is 2.50. The maximum absolute atomic E-state index is 12.6. The molecule has 1 fully saturated rings. The molecule has 1 aliphatic rings. The Labute approximate surface area is 124 Å². The summed E-state index contributed by atoms with van der Waals surface area (Å²) in [6.45, 7) is 8.99. The highest BCUT2D eigenvalue weighted by atomic mass is 35.5. The lowest BCUT2D eigenvalue weighted by molar-refractivity contribution is -0.0587. The number of halogens is 1. The van der Waals surface area contributed by atoms with Crippen molar-refractivity contribution in [3.05, 3.63) is 22.7 Å². The molecule has 0 unspecified atom stereocenters. The Hall–Kier alpha value is -1.20. The summed E-state index contributed by atoms with van der Waals surface area (Å²) < 4.78 is 5.63. The first-order valence-corrected chi connectivity index (χ1v) is 7.23. The molecule has 0 aliphatic carbocycles. The molecule has 0 N–H and O–H groups in total. The normalized spacial score (nSPS) is 23.2. The SMILES string of the molecule is CC(C)c1ncc(Cl)c(C(=O)N2C[C@@H](C)O[C@@H](C)C2)n1. The van der Waals surface area contributed by atoms with E-state index in [0.717, 1.165) is 0 Å². The van der Waals surface area contributed by atoms with Crippen molar-refractivity contribution in [3.8, 4) is 0 Å². The first-order valence-electron chi connectivity index (χ1n) is 6.85. The predicted molar refractivity (Wildman–Crippen MR) is 77.0 cm³/mol. The Kier molecular flexibility index (Phi) is 4.60. The van der Waals surface area contributed by atoms with Crippen LogP contribution in [-0.4, -0.2) is 46.1 Å². The summed E-state index contributed by atoms with van der Waals surface area (Å²) in [4.78, 5) is 22.8. The molecule has 1 saturated heterocycles. The Morgan fingerprint density at radius 3 is 2.55 bits per heavy atom. The van der Waals surface area contributed by atoms with Crippen LogP contribution in [0.3, 0.4) is 0 Å². The Balaban J connectivity index is 2.26. The zero-order chi connectivity index (χ0) is 14.9. The van der Waals surface area contributed by atoms with Gasteiger partial charge in [-0.05, 0) is 13.8 Å². The summed E-state index contributed by atoms with van der Waals surface area (Å²) in [5.74, 6) is 0.634. The lowest BCUT2D eigenvalue weighted by Gasteiger charge is -2.35. The molecular weight excluding hydrogens is 278 g/mol. The quantitative estimate of drug-likeness (QED) is 0.841. The Morgan fingerprint density at radius 1 is 1.40 bits per heavy atom. The summed E-state index contributed by atoms with van der Waals surface area (Å²) in [6.07, 6.45) is 1.55. The zero-order valence-corrected chi connectivity index (χ0v) is 13.0. The molecule has 1 aromatic heterocycles. The van der Waals surface area contributed by atoms with Crippen molar-refractivity contribution in [1.29, 1.82) is 0 Å². The largest absolute Gasteiger partial charge is 0.372 e. The molecule has 2 atom stereocenters. The standard InChI is InChI=1S/C14H20ClN3O2/c1-8(2)13-16-5-11(15)12(17-13)14(19)18-6-9(3)20-10(4)7-18/h5,8-10H,6-7H2,1-4H3/t9-,10+. The van der Waals surface area contributed by atoms with Crippen LogP contribution in [0.1, 0.15) is 49.9 Å². The number of amides is 1. The average Bonchev–Trinajstić information content (AvgIpc) is 2.37. The van der Waals surface area contributed by atoms with Crippen LogP contribution in [0.4, 0.5) is 0 Å². The molecule has 5 nitrogen and oxygen atoms in total. The van der Waals surface area contributed by atoms with Crippen LogP contribution in [0.25, 0.3) is 0 Å². The molecule has 0 bridgehead atoms. The molecule has 0 spiro atoms. The van der Waals surface area contributed by atoms with Crippen LogP contribution in [0.15, 0.2) is 6.20 Å². The number of hydrogen-bond donors (Lipinski definition) is 0. The minimum Gasteiger partial charge on any atom is -0.372 e. The molecule has 20 heavy (non-hydrogen) atoms. The number of carbonyl (C=O) groups is 1. The van der Waals surface area contributed by atoms with Gasteiger partial charge < -0.3 is 9.64 Å². The number of rotatable bonds is 2. The molecule has 1 amide bonds. The number of ether oxygens (including phenoxy) is 1. The van der Waals surface area contributed by atoms with Gasteiger partial charge >= 0.3 is 0 Å². The van der Waals surface area contributed by atoms with Gasteiger partial charge in [0, 0.05) is 19.0 Å². The van der Waals surface area contributed by atoms with Crippen LogP contribution in [-0.2, 0) is 4.74 Å². The van der Waals surface area contributed by atoms with Gasteiger partial charge in [-0.2, -0.15) is 0 Å².